The zero-order chi connectivity index (χ0) is 50.8. The van der Waals surface area contributed by atoms with E-state index in [-0.39, 0.29) is 41.1 Å². The number of hydrogen-bond donors (Lipinski definition) is 3. The molecule has 0 aliphatic carbocycles. The number of carbonyl (C=O) groups is 4. The number of thiophene rings is 2. The average molecular weight is 977 g/mol. The van der Waals surface area contributed by atoms with E-state index in [0.717, 1.165) is 54.4 Å². The molecule has 0 fully saturated rings. The van der Waals surface area contributed by atoms with Gasteiger partial charge in [-0.15, -0.1) is 22.7 Å². The number of unbranched alkanes of at least 4 members (excludes halogenated alkanes) is 2. The highest BCUT2D eigenvalue weighted by Crippen LogP contribution is 2.30. The minimum Gasteiger partial charge on any atom is -0.507 e. The van der Waals surface area contributed by atoms with Crippen LogP contribution in [-0.2, 0) is 31.9 Å². The Labute approximate surface area is 407 Å². The van der Waals surface area contributed by atoms with Crippen molar-refractivity contribution in [3.8, 4) is 11.5 Å². The Morgan fingerprint density at radius 1 is 0.691 bits per heavy atom. The third-order valence-corrected chi connectivity index (χ3v) is 12.8. The van der Waals surface area contributed by atoms with Crippen molar-refractivity contribution in [3.63, 3.8) is 0 Å². The molecular weight excluding hydrogens is 909 g/mol. The van der Waals surface area contributed by atoms with Crippen molar-refractivity contribution in [1.82, 2.24) is 0 Å². The predicted molar refractivity (Wildman–Crippen MR) is 270 cm³/mol. The number of esters is 2. The molecule has 0 aliphatic heterocycles. The first-order valence-corrected chi connectivity index (χ1v) is 24.6. The van der Waals surface area contributed by atoms with Gasteiger partial charge in [-0.1, -0.05) is 67.0 Å². The maximum Gasteiger partial charge on any atom is 0.351 e. The van der Waals surface area contributed by atoms with Gasteiger partial charge in [0.2, 0.25) is 0 Å². The summed E-state index contributed by atoms with van der Waals surface area (Å²) in [6.45, 7) is 14.9. The van der Waals surface area contributed by atoms with E-state index in [1.165, 1.54) is 42.2 Å². The Morgan fingerprint density at radius 2 is 1.13 bits per heavy atom. The number of aromatic hydroxyl groups is 2. The number of aliphatic hydroxyl groups excluding tert-OH is 1. The normalized spacial score (nSPS) is 12.3. The first-order valence-electron chi connectivity index (χ1n) is 23.0. The van der Waals surface area contributed by atoms with Crippen molar-refractivity contribution in [3.05, 3.63) is 135 Å². The van der Waals surface area contributed by atoms with Crippen LogP contribution < -0.4 is 11.3 Å². The van der Waals surface area contributed by atoms with Gasteiger partial charge in [0.25, 0.3) is 0 Å². The second-order valence-corrected chi connectivity index (χ2v) is 18.2. The number of carbonyl (C=O) groups excluding carboxylic acids is 4. The number of rotatable bonds is 24. The van der Waals surface area contributed by atoms with Gasteiger partial charge in [0.05, 0.1) is 14.2 Å². The summed E-state index contributed by atoms with van der Waals surface area (Å²) in [6, 6.07) is 10.8. The molecule has 0 saturated heterocycles. The number of ether oxygens (including phenoxy) is 2. The predicted octanol–water partition coefficient (Wildman–Crippen LogP) is 11.7. The van der Waals surface area contributed by atoms with Crippen molar-refractivity contribution in [2.24, 2.45) is 0 Å². The minimum atomic E-state index is -0.846. The molecule has 0 amide bonds. The van der Waals surface area contributed by atoms with Gasteiger partial charge in [0.1, 0.15) is 34.1 Å². The second-order valence-electron chi connectivity index (χ2n) is 15.8. The first-order chi connectivity index (χ1) is 32.5. The summed E-state index contributed by atoms with van der Waals surface area (Å²) in [5.74, 6) is -2.31. The molecule has 0 aliphatic rings. The Hall–Kier alpha value is -5.90. The van der Waals surface area contributed by atoms with Crippen molar-refractivity contribution in [2.45, 2.75) is 130 Å². The molecule has 4 aromatic heterocycles. The van der Waals surface area contributed by atoms with Gasteiger partial charge < -0.3 is 33.6 Å². The third-order valence-electron chi connectivity index (χ3n) is 10.6. The molecular formula is C53H68O13S2. The fraction of sp³-hybridized carbons (Fsp3) is 0.434. The molecule has 4 rings (SSSR count). The summed E-state index contributed by atoms with van der Waals surface area (Å²) in [4.78, 5) is 76.4. The summed E-state index contributed by atoms with van der Waals surface area (Å²) >= 11 is 3.27. The second kappa shape index (κ2) is 31.2. The molecule has 0 radical (unpaired) electrons. The van der Waals surface area contributed by atoms with E-state index in [0.29, 0.717) is 61.2 Å². The molecule has 0 bridgehead atoms. The summed E-state index contributed by atoms with van der Waals surface area (Å²) in [6.07, 6.45) is 17.4. The van der Waals surface area contributed by atoms with E-state index < -0.39 is 34.8 Å². The lowest BCUT2D eigenvalue weighted by Crippen LogP contribution is -2.17. The summed E-state index contributed by atoms with van der Waals surface area (Å²) in [7, 11) is 2.62. The maximum atomic E-state index is 13.0. The highest BCUT2D eigenvalue weighted by molar-refractivity contribution is 7.13. The van der Waals surface area contributed by atoms with E-state index >= 15 is 0 Å². The van der Waals surface area contributed by atoms with E-state index in [1.54, 1.807) is 40.9 Å². The van der Waals surface area contributed by atoms with Crippen LogP contribution in [0.15, 0.2) is 90.8 Å². The molecule has 0 saturated carbocycles. The fourth-order valence-corrected chi connectivity index (χ4v) is 8.54. The highest BCUT2D eigenvalue weighted by atomic mass is 32.1. The standard InChI is InChI=1S/C26H32O6S.C23H30O5S.C4H6O2/c1-5-7-11-19-13-14-20(33-19)15-18(6-2)25(29)24-21(27)16-22(32-26(24)30)17(3)10-8-9-12-23(28)31-4;1-4-6-9-17-10-11-18(29-17)13-16(5-2)22(26)21-19(25)14-20(28-23(21)27)15(3)8-7-12-24;1-3-4(5)6-2/h9,12-17,27H,5-8,10-11H2,1-4H3;10-11,13-15,24-25H,4-9,12H2,1-3H3;3H,1H2,2H3/b12-9+,18-15?;;. The molecule has 15 heteroatoms. The van der Waals surface area contributed by atoms with Gasteiger partial charge in [-0.05, 0) is 101 Å². The first kappa shape index (κ1) is 58.2. The van der Waals surface area contributed by atoms with E-state index in [9.17, 15) is 39.0 Å². The lowest BCUT2D eigenvalue weighted by molar-refractivity contribution is -0.135. The topological polar surface area (TPSA) is 208 Å². The maximum absolute atomic E-state index is 13.0. The van der Waals surface area contributed by atoms with Gasteiger partial charge in [-0.25, -0.2) is 19.2 Å². The zero-order valence-corrected chi connectivity index (χ0v) is 42.3. The van der Waals surface area contributed by atoms with Gasteiger partial charge >= 0.3 is 23.2 Å². The van der Waals surface area contributed by atoms with Crippen LogP contribution >= 0.6 is 22.7 Å². The van der Waals surface area contributed by atoms with Gasteiger partial charge in [-0.3, -0.25) is 9.59 Å². The van der Waals surface area contributed by atoms with Crippen molar-refractivity contribution < 1.29 is 52.8 Å². The number of aliphatic hydroxyl groups is 1. The van der Waals surface area contributed by atoms with Crippen LogP contribution in [0.2, 0.25) is 0 Å². The minimum absolute atomic E-state index is 0.0463. The molecule has 13 nitrogen and oxygen atoms in total. The Kier molecular flexibility index (Phi) is 26.7. The molecule has 2 unspecified atom stereocenters. The summed E-state index contributed by atoms with van der Waals surface area (Å²) in [5, 5.41) is 29.8. The molecule has 0 spiro atoms. The van der Waals surface area contributed by atoms with Crippen LogP contribution in [-0.4, -0.2) is 59.7 Å². The zero-order valence-electron chi connectivity index (χ0n) is 40.6. The monoisotopic (exact) mass is 976 g/mol. The van der Waals surface area contributed by atoms with Crippen LogP contribution in [0.1, 0.15) is 169 Å². The van der Waals surface area contributed by atoms with Gasteiger partial charge in [0.15, 0.2) is 11.6 Å². The smallest absolute Gasteiger partial charge is 0.351 e. The lowest BCUT2D eigenvalue weighted by Gasteiger charge is -2.11. The number of Topliss-reactive ketones (excluding diaryl/α,β-unsaturated/α-hetero) is 2. The largest absolute Gasteiger partial charge is 0.507 e. The average Bonchev–Trinajstić information content (AvgIpc) is 3.99. The Bertz CT molecular complexity index is 2480. The lowest BCUT2D eigenvalue weighted by atomic mass is 9.98. The summed E-state index contributed by atoms with van der Waals surface area (Å²) in [5.41, 5.74) is -1.43. The number of aryl methyl sites for hydroxylation is 2. The van der Waals surface area contributed by atoms with Gasteiger partial charge in [0, 0.05) is 73.4 Å². The van der Waals surface area contributed by atoms with Crippen LogP contribution in [0.25, 0.3) is 12.2 Å². The fourth-order valence-electron chi connectivity index (χ4n) is 6.50. The van der Waals surface area contributed by atoms with Crippen LogP contribution in [0.4, 0.5) is 0 Å². The molecule has 3 N–H and O–H groups in total. The van der Waals surface area contributed by atoms with Gasteiger partial charge in [-0.2, -0.15) is 0 Å². The molecule has 4 heterocycles. The molecule has 68 heavy (non-hydrogen) atoms. The van der Waals surface area contributed by atoms with E-state index in [2.05, 4.69) is 42.0 Å². The van der Waals surface area contributed by atoms with Crippen LogP contribution in [0.5, 0.6) is 11.5 Å². The Morgan fingerprint density at radius 3 is 1.49 bits per heavy atom. The molecule has 370 valence electrons. The SMILES string of the molecule is C=CC(=O)OC.CCCCc1ccc(C=C(CC)C(=O)c2c(O)cc(C(C)CC/C=C/C(=O)OC)oc2=O)s1.CCCCc1ccc(C=C(CC)C(=O)c2c(O)cc(C(C)CCCO)oc2=O)s1. The molecule has 2 atom stereocenters. The number of hydrogen-bond acceptors (Lipinski definition) is 15. The van der Waals surface area contributed by atoms with Crippen LogP contribution in [0, 0.1) is 0 Å². The number of allylic oxidation sites excluding steroid dienone is 3. The van der Waals surface area contributed by atoms with E-state index in [4.69, 9.17) is 13.9 Å². The van der Waals surface area contributed by atoms with Crippen molar-refractivity contribution in [2.75, 3.05) is 20.8 Å². The third kappa shape index (κ3) is 19.0. The molecule has 0 aromatic carbocycles. The Balaban J connectivity index is 0.000000419. The van der Waals surface area contributed by atoms with Crippen LogP contribution in [0.3, 0.4) is 0 Å². The number of ketones is 2. The molecule has 4 aromatic rings. The summed E-state index contributed by atoms with van der Waals surface area (Å²) < 4.78 is 19.4. The van der Waals surface area contributed by atoms with Crippen molar-refractivity contribution in [1.29, 1.82) is 0 Å². The quantitative estimate of drug-likeness (QED) is 0.0340. The van der Waals surface area contributed by atoms with Crippen molar-refractivity contribution >= 4 is 58.3 Å². The highest BCUT2D eigenvalue weighted by Gasteiger charge is 2.25. The number of methoxy groups -OCH3 is 2. The van der Waals surface area contributed by atoms with E-state index in [1.807, 2.05) is 39.8 Å².